The van der Waals surface area contributed by atoms with E-state index in [1.165, 1.54) is 0 Å². The van der Waals surface area contributed by atoms with Crippen molar-refractivity contribution in [2.75, 3.05) is 32.8 Å². The number of quaternary nitrogens is 1. The van der Waals surface area contributed by atoms with Gasteiger partial charge in [-0.1, -0.05) is 48.1 Å². The minimum absolute atomic E-state index is 0.0525. The minimum atomic E-state index is -3.57. The summed E-state index contributed by atoms with van der Waals surface area (Å²) in [6.07, 6.45) is 2.83. The van der Waals surface area contributed by atoms with E-state index >= 15 is 0 Å². The summed E-state index contributed by atoms with van der Waals surface area (Å²) in [6.45, 7) is 21.1. The van der Waals surface area contributed by atoms with Crippen LogP contribution in [-0.2, 0) is 22.5 Å². The molecule has 0 radical (unpaired) electrons. The highest BCUT2D eigenvalue weighted by atomic mass is 28.4. The third-order valence-corrected chi connectivity index (χ3v) is 7.51. The highest BCUT2D eigenvalue weighted by molar-refractivity contribution is 6.56. The summed E-state index contributed by atoms with van der Waals surface area (Å²) in [7, 11) is -3.57. The quantitative estimate of drug-likeness (QED) is 0.345. The van der Waals surface area contributed by atoms with E-state index in [2.05, 4.69) is 48.1 Å². The van der Waals surface area contributed by atoms with Crippen LogP contribution in [0.1, 0.15) is 54.4 Å². The molecule has 0 aliphatic carbocycles. The highest BCUT2D eigenvalue weighted by Gasteiger charge is 2.59. The Morgan fingerprint density at radius 2 is 1.61 bits per heavy atom. The summed E-state index contributed by atoms with van der Waals surface area (Å²) < 4.78 is 25.6. The first-order valence-electron chi connectivity index (χ1n) is 10.8. The van der Waals surface area contributed by atoms with E-state index in [0.29, 0.717) is 24.4 Å². The van der Waals surface area contributed by atoms with Crippen LogP contribution in [0.2, 0.25) is 0 Å². The summed E-state index contributed by atoms with van der Waals surface area (Å²) in [6, 6.07) is 0. The monoisotopic (exact) mass is 414 g/mol. The fraction of sp³-hybridized carbons (Fsp3) is 0.857. The number of rotatable bonds is 8. The molecule has 3 aliphatic heterocycles. The van der Waals surface area contributed by atoms with Gasteiger partial charge in [0, 0.05) is 12.0 Å². The molecule has 2 unspecified atom stereocenters. The van der Waals surface area contributed by atoms with Gasteiger partial charge in [0.2, 0.25) is 0 Å². The van der Waals surface area contributed by atoms with Gasteiger partial charge < -0.3 is 22.2 Å². The molecule has 0 spiro atoms. The Balaban J connectivity index is 2.41. The van der Waals surface area contributed by atoms with Crippen molar-refractivity contribution in [1.29, 1.82) is 0 Å². The number of carbonyl (C=O) groups excluding carboxylic acids is 1. The lowest BCUT2D eigenvalue weighted by Crippen LogP contribution is -2.69. The predicted molar refractivity (Wildman–Crippen MR) is 111 cm³/mol. The Bertz CT molecular complexity index is 515. The van der Waals surface area contributed by atoms with Crippen LogP contribution in [-0.4, -0.2) is 64.5 Å². The second kappa shape index (κ2) is 9.85. The Labute approximate surface area is 172 Å². The molecule has 3 saturated heterocycles. The van der Waals surface area contributed by atoms with E-state index in [9.17, 15) is 4.79 Å². The van der Waals surface area contributed by atoms with E-state index in [-0.39, 0.29) is 12.2 Å². The van der Waals surface area contributed by atoms with Gasteiger partial charge in [-0.15, -0.1) is 0 Å². The van der Waals surface area contributed by atoms with E-state index < -0.39 is 15.0 Å². The molecule has 3 fully saturated rings. The van der Waals surface area contributed by atoms with Gasteiger partial charge in [-0.2, -0.15) is 0 Å². The molecule has 0 aromatic rings. The van der Waals surface area contributed by atoms with Crippen molar-refractivity contribution in [3.63, 3.8) is 0 Å². The van der Waals surface area contributed by atoms with Crippen LogP contribution in [0.15, 0.2) is 12.7 Å². The fourth-order valence-electron chi connectivity index (χ4n) is 4.62. The van der Waals surface area contributed by atoms with Crippen LogP contribution in [0.3, 0.4) is 0 Å². The first-order valence-corrected chi connectivity index (χ1v) is 12.4. The summed E-state index contributed by atoms with van der Waals surface area (Å²) in [5.74, 6) is 0.970. The zero-order valence-corrected chi connectivity index (χ0v) is 19.6. The van der Waals surface area contributed by atoms with Crippen LogP contribution in [0, 0.1) is 17.8 Å². The first-order chi connectivity index (χ1) is 13.1. The zero-order valence-electron chi connectivity index (χ0n) is 18.6. The lowest BCUT2D eigenvalue weighted by molar-refractivity contribution is -0.938. The second-order valence-electron chi connectivity index (χ2n) is 9.72. The molecule has 2 bridgehead atoms. The molecule has 3 rings (SSSR count). The number of carbonyl (C=O) groups is 1. The maximum atomic E-state index is 12.1. The third kappa shape index (κ3) is 6.66. The highest BCUT2D eigenvalue weighted by Crippen LogP contribution is 2.32. The Kier molecular flexibility index (Phi) is 8.28. The lowest BCUT2D eigenvalue weighted by atomic mass is 10.0. The van der Waals surface area contributed by atoms with Crippen molar-refractivity contribution in [3.8, 4) is 0 Å². The van der Waals surface area contributed by atoms with Gasteiger partial charge in [0.1, 0.15) is 31.8 Å². The normalized spacial score (nSPS) is 33.6. The molecule has 2 atom stereocenters. The van der Waals surface area contributed by atoms with E-state index in [4.69, 9.17) is 17.7 Å². The smallest absolute Gasteiger partial charge is 0.449 e. The van der Waals surface area contributed by atoms with E-state index in [1.54, 1.807) is 0 Å². The Hall–Kier alpha value is -0.733. The second-order valence-corrected chi connectivity index (χ2v) is 11.7. The number of hydrogen-bond acceptors (Lipinski definition) is 5. The number of nitrogens with zero attached hydrogens (tertiary/aromatic N) is 1. The summed E-state index contributed by atoms with van der Waals surface area (Å²) in [5.41, 5.74) is 0. The van der Waals surface area contributed by atoms with Crippen molar-refractivity contribution < 1.29 is 27.0 Å². The first kappa shape index (κ1) is 23.5. The van der Waals surface area contributed by atoms with Gasteiger partial charge in [0.25, 0.3) is 0 Å². The van der Waals surface area contributed by atoms with Crippen LogP contribution in [0.4, 0.5) is 0 Å². The molecular weight excluding hydrogens is 374 g/mol. The van der Waals surface area contributed by atoms with Gasteiger partial charge in [-0.3, -0.25) is 0 Å². The van der Waals surface area contributed by atoms with Gasteiger partial charge in [0.15, 0.2) is 0 Å². The molecule has 0 amide bonds. The zero-order chi connectivity index (χ0) is 20.9. The molecule has 162 valence electrons. The van der Waals surface area contributed by atoms with Crippen molar-refractivity contribution in [1.82, 2.24) is 0 Å². The molecule has 0 aromatic carbocycles. The maximum absolute atomic E-state index is 12.1. The fourth-order valence-corrected chi connectivity index (χ4v) is 6.79. The topological polar surface area (TPSA) is 54.0 Å². The minimum Gasteiger partial charge on any atom is -0.449 e. The van der Waals surface area contributed by atoms with Crippen molar-refractivity contribution in [2.24, 2.45) is 17.8 Å². The predicted octanol–water partition coefficient (Wildman–Crippen LogP) is 3.53. The van der Waals surface area contributed by atoms with Crippen LogP contribution < -0.4 is 0 Å². The van der Waals surface area contributed by atoms with Crippen molar-refractivity contribution in [3.05, 3.63) is 12.7 Å². The molecule has 3 aliphatic rings. The van der Waals surface area contributed by atoms with Crippen molar-refractivity contribution in [2.45, 2.75) is 66.6 Å². The maximum Gasteiger partial charge on any atom is 0.753 e. The van der Waals surface area contributed by atoms with Gasteiger partial charge >= 0.3 is 15.0 Å². The average molecular weight is 415 g/mol. The summed E-state index contributed by atoms with van der Waals surface area (Å²) >= 11 is 0. The van der Waals surface area contributed by atoms with Crippen LogP contribution in [0.25, 0.3) is 0 Å². The SMILES string of the molecule is C=CC(=O)O[Si]12OCC[N+](CC(C)C)(CC(CC(C)C)O1)CC(CC(C)C)O2. The average Bonchev–Trinajstić information content (AvgIpc) is 2.49. The largest absolute Gasteiger partial charge is 0.753 e. The number of fused-ring (bicyclic) bond motifs is 6. The molecule has 0 saturated carbocycles. The Morgan fingerprint density at radius 3 is 2.04 bits per heavy atom. The Morgan fingerprint density at radius 1 is 1.07 bits per heavy atom. The van der Waals surface area contributed by atoms with E-state index in [0.717, 1.165) is 49.6 Å². The van der Waals surface area contributed by atoms with Crippen molar-refractivity contribution >= 4 is 15.0 Å². The van der Waals surface area contributed by atoms with E-state index in [1.807, 2.05) is 0 Å². The van der Waals surface area contributed by atoms with Gasteiger partial charge in [-0.25, -0.2) is 4.79 Å². The molecule has 0 N–H and O–H groups in total. The molecule has 6 nitrogen and oxygen atoms in total. The number of hydrogen-bond donors (Lipinski definition) is 0. The molecule has 0 aromatic heterocycles. The third-order valence-electron chi connectivity index (χ3n) is 5.26. The standard InChI is InChI=1S/C21H40NO5Si/c1-8-21(23)27-28-24-10-9-22(13-18(6)7,14-19(25-28)11-16(2)3)15-20(26-28)12-17(4)5/h8,16-20H,1,9-15H2,2-7H3/q+1. The molecule has 7 heteroatoms. The molecule has 3 heterocycles. The van der Waals surface area contributed by atoms with Gasteiger partial charge in [0.05, 0.1) is 13.2 Å². The van der Waals surface area contributed by atoms with Gasteiger partial charge in [-0.05, 0) is 24.7 Å². The van der Waals surface area contributed by atoms with Crippen LogP contribution >= 0.6 is 0 Å². The summed E-state index contributed by atoms with van der Waals surface area (Å²) in [4.78, 5) is 12.1. The summed E-state index contributed by atoms with van der Waals surface area (Å²) in [5, 5.41) is 0. The molecule has 28 heavy (non-hydrogen) atoms. The lowest BCUT2D eigenvalue weighted by Gasteiger charge is -2.50. The molecular formula is C21H40NO5Si+. The van der Waals surface area contributed by atoms with Crippen LogP contribution in [0.5, 0.6) is 0 Å².